The highest BCUT2D eigenvalue weighted by atomic mass is 32.1. The van der Waals surface area contributed by atoms with Gasteiger partial charge in [-0.3, -0.25) is 14.2 Å². The van der Waals surface area contributed by atoms with Gasteiger partial charge in [0.25, 0.3) is 5.56 Å². The zero-order valence-corrected chi connectivity index (χ0v) is 12.6. The summed E-state index contributed by atoms with van der Waals surface area (Å²) < 4.78 is 1.51. The number of thiophene rings is 1. The van der Waals surface area contributed by atoms with Crippen LogP contribution < -0.4 is 5.56 Å². The van der Waals surface area contributed by atoms with Crippen molar-refractivity contribution in [3.8, 4) is 0 Å². The van der Waals surface area contributed by atoms with Crippen LogP contribution in [-0.2, 0) is 17.8 Å². The fraction of sp³-hybridized carbons (Fsp3) is 0.400. The van der Waals surface area contributed by atoms with E-state index in [2.05, 4.69) is 11.6 Å². The first-order chi connectivity index (χ1) is 9.99. The van der Waals surface area contributed by atoms with Crippen LogP contribution in [0.4, 0.5) is 0 Å². The van der Waals surface area contributed by atoms with E-state index in [1.54, 1.807) is 0 Å². The summed E-state index contributed by atoms with van der Waals surface area (Å²) in [6.07, 6.45) is 3.79. The summed E-state index contributed by atoms with van der Waals surface area (Å²) >= 11 is 1.45. The standard InChI is InChI=1S/C15H16N2O3S/c1-8(2)6-17-7-16-13-12(14(17)18)11-9(15(19)20)4-3-5-10(11)21-13/h7,9H,1,3-6H2,2H3,(H,19,20). The number of fused-ring (bicyclic) bond motifs is 3. The molecule has 0 bridgehead atoms. The lowest BCUT2D eigenvalue weighted by atomic mass is 9.86. The molecule has 0 radical (unpaired) electrons. The quantitative estimate of drug-likeness (QED) is 0.884. The number of allylic oxidation sites excluding steroid dienone is 1. The predicted octanol–water partition coefficient (Wildman–Crippen LogP) is 2.54. The van der Waals surface area contributed by atoms with E-state index in [-0.39, 0.29) is 5.56 Å². The molecule has 3 rings (SSSR count). The Kier molecular flexibility index (Phi) is 3.41. The van der Waals surface area contributed by atoms with Crippen molar-refractivity contribution in [3.05, 3.63) is 39.3 Å². The molecule has 1 aliphatic rings. The van der Waals surface area contributed by atoms with Crippen molar-refractivity contribution in [2.24, 2.45) is 0 Å². The van der Waals surface area contributed by atoms with Crippen LogP contribution in [0.15, 0.2) is 23.3 Å². The number of aromatic nitrogens is 2. The lowest BCUT2D eigenvalue weighted by molar-refractivity contribution is -0.139. The number of aliphatic carboxylic acids is 1. The molecule has 5 nitrogen and oxygen atoms in total. The van der Waals surface area contributed by atoms with Gasteiger partial charge in [-0.25, -0.2) is 4.98 Å². The van der Waals surface area contributed by atoms with Crippen molar-refractivity contribution in [2.75, 3.05) is 0 Å². The molecular weight excluding hydrogens is 288 g/mol. The highest BCUT2D eigenvalue weighted by Crippen LogP contribution is 2.40. The Bertz CT molecular complexity index is 803. The minimum absolute atomic E-state index is 0.159. The van der Waals surface area contributed by atoms with E-state index in [0.717, 1.165) is 23.3 Å². The second-order valence-corrected chi connectivity index (χ2v) is 6.62. The summed E-state index contributed by atoms with van der Waals surface area (Å²) in [6, 6.07) is 0. The zero-order chi connectivity index (χ0) is 15.1. The van der Waals surface area contributed by atoms with Crippen LogP contribution in [0, 0.1) is 0 Å². The molecule has 0 fully saturated rings. The Labute approximate surface area is 125 Å². The number of carboxylic acids is 1. The minimum Gasteiger partial charge on any atom is -0.481 e. The van der Waals surface area contributed by atoms with Crippen LogP contribution in [0.2, 0.25) is 0 Å². The van der Waals surface area contributed by atoms with Crippen LogP contribution in [0.5, 0.6) is 0 Å². The highest BCUT2D eigenvalue weighted by Gasteiger charge is 2.31. The van der Waals surface area contributed by atoms with Crippen LogP contribution in [0.25, 0.3) is 10.2 Å². The third-order valence-electron chi connectivity index (χ3n) is 3.78. The molecule has 0 amide bonds. The van der Waals surface area contributed by atoms with Gasteiger partial charge in [0.15, 0.2) is 0 Å². The number of aryl methyl sites for hydroxylation is 1. The smallest absolute Gasteiger partial charge is 0.311 e. The minimum atomic E-state index is -0.856. The normalized spacial score (nSPS) is 17.7. The van der Waals surface area contributed by atoms with Crippen molar-refractivity contribution in [1.82, 2.24) is 9.55 Å². The molecule has 1 aliphatic carbocycles. The van der Waals surface area contributed by atoms with E-state index in [4.69, 9.17) is 0 Å². The molecule has 2 aromatic heterocycles. The number of hydrogen-bond donors (Lipinski definition) is 1. The molecule has 1 N–H and O–H groups in total. The summed E-state index contributed by atoms with van der Waals surface area (Å²) in [5.41, 5.74) is 1.40. The first-order valence-electron chi connectivity index (χ1n) is 6.87. The fourth-order valence-electron chi connectivity index (χ4n) is 2.91. The van der Waals surface area contributed by atoms with E-state index < -0.39 is 11.9 Å². The van der Waals surface area contributed by atoms with Gasteiger partial charge in [0.2, 0.25) is 0 Å². The molecule has 1 atom stereocenters. The average Bonchev–Trinajstić information content (AvgIpc) is 2.80. The van der Waals surface area contributed by atoms with E-state index in [9.17, 15) is 14.7 Å². The van der Waals surface area contributed by atoms with E-state index in [1.807, 2.05) is 6.92 Å². The lowest BCUT2D eigenvalue weighted by Crippen LogP contribution is -2.24. The molecule has 110 valence electrons. The number of carbonyl (C=O) groups is 1. The third-order valence-corrected chi connectivity index (χ3v) is 4.95. The Morgan fingerprint density at radius 2 is 2.38 bits per heavy atom. The zero-order valence-electron chi connectivity index (χ0n) is 11.8. The topological polar surface area (TPSA) is 72.2 Å². The molecule has 0 spiro atoms. The molecule has 0 aliphatic heterocycles. The molecule has 0 saturated heterocycles. The molecule has 1 unspecified atom stereocenters. The van der Waals surface area contributed by atoms with Crippen LogP contribution in [0.1, 0.15) is 36.1 Å². The SMILES string of the molecule is C=C(C)Cn1cnc2sc3c(c2c1=O)C(C(=O)O)CCC3. The summed E-state index contributed by atoms with van der Waals surface area (Å²) in [4.78, 5) is 30.1. The van der Waals surface area contributed by atoms with Crippen LogP contribution in [-0.4, -0.2) is 20.6 Å². The molecule has 0 saturated carbocycles. The Balaban J connectivity index is 2.28. The Morgan fingerprint density at radius 1 is 1.62 bits per heavy atom. The lowest BCUT2D eigenvalue weighted by Gasteiger charge is -2.18. The second-order valence-electron chi connectivity index (χ2n) is 5.54. The predicted molar refractivity (Wildman–Crippen MR) is 82.0 cm³/mol. The van der Waals surface area contributed by atoms with Gasteiger partial charge in [0.05, 0.1) is 17.6 Å². The van der Waals surface area contributed by atoms with Gasteiger partial charge in [-0.1, -0.05) is 12.2 Å². The van der Waals surface area contributed by atoms with Crippen molar-refractivity contribution in [3.63, 3.8) is 0 Å². The number of carboxylic acid groups (broad SMARTS) is 1. The number of nitrogens with zero attached hydrogens (tertiary/aromatic N) is 2. The highest BCUT2D eigenvalue weighted by molar-refractivity contribution is 7.18. The van der Waals surface area contributed by atoms with Gasteiger partial charge in [-0.05, 0) is 31.7 Å². The van der Waals surface area contributed by atoms with Gasteiger partial charge in [-0.2, -0.15) is 0 Å². The summed E-state index contributed by atoms with van der Waals surface area (Å²) in [6.45, 7) is 6.06. The Morgan fingerprint density at radius 3 is 3.05 bits per heavy atom. The van der Waals surface area contributed by atoms with E-state index in [1.165, 1.54) is 22.2 Å². The summed E-state index contributed by atoms with van der Waals surface area (Å²) in [7, 11) is 0. The largest absolute Gasteiger partial charge is 0.481 e. The third kappa shape index (κ3) is 2.29. The van der Waals surface area contributed by atoms with Crippen molar-refractivity contribution >= 4 is 27.5 Å². The first kappa shape index (κ1) is 14.0. The van der Waals surface area contributed by atoms with Gasteiger partial charge < -0.3 is 5.11 Å². The molecule has 2 heterocycles. The van der Waals surface area contributed by atoms with E-state index in [0.29, 0.717) is 28.7 Å². The van der Waals surface area contributed by atoms with Gasteiger partial charge >= 0.3 is 5.97 Å². The maximum atomic E-state index is 12.7. The monoisotopic (exact) mass is 304 g/mol. The maximum Gasteiger partial charge on any atom is 0.311 e. The van der Waals surface area contributed by atoms with Gasteiger partial charge in [0.1, 0.15) is 4.83 Å². The maximum absolute atomic E-state index is 12.7. The molecule has 0 aromatic carbocycles. The van der Waals surface area contributed by atoms with Crippen molar-refractivity contribution in [1.29, 1.82) is 0 Å². The molecule has 2 aromatic rings. The second kappa shape index (κ2) is 5.11. The average molecular weight is 304 g/mol. The summed E-state index contributed by atoms with van der Waals surface area (Å²) in [5, 5.41) is 9.92. The van der Waals surface area contributed by atoms with Crippen LogP contribution in [0.3, 0.4) is 0 Å². The first-order valence-corrected chi connectivity index (χ1v) is 7.68. The summed E-state index contributed by atoms with van der Waals surface area (Å²) in [5.74, 6) is -1.44. The molecular formula is C15H16N2O3S. The number of rotatable bonds is 3. The van der Waals surface area contributed by atoms with Crippen molar-refractivity contribution < 1.29 is 9.90 Å². The Hall–Kier alpha value is -1.95. The van der Waals surface area contributed by atoms with Gasteiger partial charge in [0, 0.05) is 11.4 Å². The fourth-order valence-corrected chi connectivity index (χ4v) is 4.14. The number of hydrogen-bond acceptors (Lipinski definition) is 4. The van der Waals surface area contributed by atoms with Crippen molar-refractivity contribution in [2.45, 2.75) is 38.6 Å². The van der Waals surface area contributed by atoms with E-state index >= 15 is 0 Å². The molecule has 6 heteroatoms. The van der Waals surface area contributed by atoms with Crippen LogP contribution >= 0.6 is 11.3 Å². The molecule has 21 heavy (non-hydrogen) atoms. The van der Waals surface area contributed by atoms with Gasteiger partial charge in [-0.15, -0.1) is 11.3 Å².